The monoisotopic (exact) mass is 430 g/mol. The summed E-state index contributed by atoms with van der Waals surface area (Å²) in [5, 5.41) is 2.62. The highest BCUT2D eigenvalue weighted by Gasteiger charge is 2.31. The minimum Gasteiger partial charge on any atom is -0.406 e. The van der Waals surface area contributed by atoms with Crippen molar-refractivity contribution in [3.8, 4) is 5.75 Å². The largest absolute Gasteiger partial charge is 0.573 e. The number of benzene rings is 2. The van der Waals surface area contributed by atoms with Crippen LogP contribution in [-0.2, 0) is 14.8 Å². The summed E-state index contributed by atoms with van der Waals surface area (Å²) in [6, 6.07) is 10.8. The van der Waals surface area contributed by atoms with Gasteiger partial charge in [-0.2, -0.15) is 4.31 Å². The Hall–Kier alpha value is -2.59. The van der Waals surface area contributed by atoms with E-state index in [1.165, 1.54) is 31.3 Å². The summed E-state index contributed by atoms with van der Waals surface area (Å²) in [7, 11) is -2.53. The lowest BCUT2D eigenvalue weighted by molar-refractivity contribution is -0.274. The third-order valence-corrected chi connectivity index (χ3v) is 5.90. The number of hydrogen-bond acceptors (Lipinski definition) is 4. The number of rotatable bonds is 7. The number of nitrogens with zero attached hydrogens (tertiary/aromatic N) is 1. The molecule has 0 aliphatic heterocycles. The smallest absolute Gasteiger partial charge is 0.406 e. The summed E-state index contributed by atoms with van der Waals surface area (Å²) in [6.07, 6.45) is -4.78. The minimum absolute atomic E-state index is 0.0756. The molecule has 29 heavy (non-hydrogen) atoms. The predicted molar refractivity (Wildman–Crippen MR) is 101 cm³/mol. The van der Waals surface area contributed by atoms with Gasteiger partial charge in [-0.25, -0.2) is 8.42 Å². The van der Waals surface area contributed by atoms with Gasteiger partial charge in [0.1, 0.15) is 5.75 Å². The lowest BCUT2D eigenvalue weighted by Gasteiger charge is -2.20. The summed E-state index contributed by atoms with van der Waals surface area (Å²) in [5.41, 5.74) is 1.45. The zero-order valence-electron chi connectivity index (χ0n) is 16.0. The molecule has 0 bridgehead atoms. The fourth-order valence-corrected chi connectivity index (χ4v) is 3.63. The van der Waals surface area contributed by atoms with E-state index in [9.17, 15) is 26.4 Å². The number of halogens is 3. The molecule has 0 fully saturated rings. The highest BCUT2D eigenvalue weighted by molar-refractivity contribution is 7.89. The average Bonchev–Trinajstić information content (AvgIpc) is 2.61. The van der Waals surface area contributed by atoms with Gasteiger partial charge >= 0.3 is 6.36 Å². The van der Waals surface area contributed by atoms with Gasteiger partial charge in [-0.05, 0) is 43.7 Å². The van der Waals surface area contributed by atoms with Crippen LogP contribution in [0.3, 0.4) is 0 Å². The van der Waals surface area contributed by atoms with Crippen LogP contribution >= 0.6 is 0 Å². The second kappa shape index (κ2) is 8.83. The maximum absolute atomic E-state index is 12.5. The van der Waals surface area contributed by atoms with Crippen molar-refractivity contribution >= 4 is 15.9 Å². The number of nitrogens with one attached hydrogen (secondary N) is 1. The van der Waals surface area contributed by atoms with Crippen LogP contribution in [0.25, 0.3) is 0 Å². The highest BCUT2D eigenvalue weighted by atomic mass is 32.2. The van der Waals surface area contributed by atoms with E-state index in [0.29, 0.717) is 5.56 Å². The SMILES string of the molecule is Cc1ccc(S(=O)(=O)N(C)CC(=O)NC(C)c2ccc(OC(F)(F)F)cc2)cc1. The number of carbonyl (C=O) groups is 1. The number of likely N-dealkylation sites (N-methyl/N-ethyl adjacent to an activating group) is 1. The van der Waals surface area contributed by atoms with Crippen LogP contribution in [0.5, 0.6) is 5.75 Å². The van der Waals surface area contributed by atoms with Crippen LogP contribution in [0.4, 0.5) is 13.2 Å². The first-order chi connectivity index (χ1) is 13.4. The Morgan fingerprint density at radius 3 is 2.17 bits per heavy atom. The third kappa shape index (κ3) is 6.47. The molecule has 1 atom stereocenters. The van der Waals surface area contributed by atoms with Gasteiger partial charge in [0.25, 0.3) is 0 Å². The van der Waals surface area contributed by atoms with Crippen LogP contribution < -0.4 is 10.1 Å². The molecule has 1 unspecified atom stereocenters. The second-order valence-electron chi connectivity index (χ2n) is 6.48. The molecule has 0 saturated heterocycles. The third-order valence-electron chi connectivity index (χ3n) is 4.09. The maximum Gasteiger partial charge on any atom is 0.573 e. The van der Waals surface area contributed by atoms with Crippen LogP contribution in [0.1, 0.15) is 24.1 Å². The predicted octanol–water partition coefficient (Wildman–Crippen LogP) is 3.39. The van der Waals surface area contributed by atoms with Crippen molar-refractivity contribution in [2.75, 3.05) is 13.6 Å². The summed E-state index contributed by atoms with van der Waals surface area (Å²) < 4.78 is 66.4. The lowest BCUT2D eigenvalue weighted by atomic mass is 10.1. The molecule has 2 aromatic carbocycles. The Morgan fingerprint density at radius 2 is 1.66 bits per heavy atom. The Balaban J connectivity index is 1.98. The Labute approximate surface area is 167 Å². The topological polar surface area (TPSA) is 75.7 Å². The molecule has 0 saturated carbocycles. The minimum atomic E-state index is -4.78. The Morgan fingerprint density at radius 1 is 1.10 bits per heavy atom. The summed E-state index contributed by atoms with van der Waals surface area (Å²) >= 11 is 0. The van der Waals surface area contributed by atoms with E-state index in [0.717, 1.165) is 22.0 Å². The fraction of sp³-hybridized carbons (Fsp3) is 0.316. The molecule has 0 heterocycles. The van der Waals surface area contributed by atoms with Gasteiger partial charge in [-0.1, -0.05) is 29.8 Å². The first kappa shape index (κ1) is 22.7. The standard InChI is InChI=1S/C19H21F3N2O4S/c1-13-4-10-17(11-5-13)29(26,27)24(3)12-18(25)23-14(2)15-6-8-16(9-7-15)28-19(20,21)22/h4-11,14H,12H2,1-3H3,(H,23,25). The first-order valence-electron chi connectivity index (χ1n) is 8.56. The van der Waals surface area contributed by atoms with Gasteiger partial charge in [0.15, 0.2) is 0 Å². The highest BCUT2D eigenvalue weighted by Crippen LogP contribution is 2.24. The van der Waals surface area contributed by atoms with Gasteiger partial charge < -0.3 is 10.1 Å². The maximum atomic E-state index is 12.5. The number of amides is 1. The number of alkyl halides is 3. The van der Waals surface area contributed by atoms with Crippen molar-refractivity contribution in [2.24, 2.45) is 0 Å². The molecule has 2 aromatic rings. The molecular formula is C19H21F3N2O4S. The van der Waals surface area contributed by atoms with E-state index in [1.807, 2.05) is 6.92 Å². The molecular weight excluding hydrogens is 409 g/mol. The zero-order chi connectivity index (χ0) is 21.8. The number of sulfonamides is 1. The molecule has 0 aliphatic rings. The molecule has 0 aromatic heterocycles. The number of hydrogen-bond donors (Lipinski definition) is 1. The number of ether oxygens (including phenoxy) is 1. The van der Waals surface area contributed by atoms with Crippen molar-refractivity contribution in [1.82, 2.24) is 9.62 Å². The van der Waals surface area contributed by atoms with Crippen LogP contribution in [0.15, 0.2) is 53.4 Å². The Bertz CT molecular complexity index is 943. The summed E-state index contributed by atoms with van der Waals surface area (Å²) in [4.78, 5) is 12.3. The fourth-order valence-electron chi connectivity index (χ4n) is 2.51. The van der Waals surface area contributed by atoms with Crippen LogP contribution in [-0.4, -0.2) is 38.6 Å². The van der Waals surface area contributed by atoms with Gasteiger partial charge in [0.05, 0.1) is 17.5 Å². The van der Waals surface area contributed by atoms with E-state index in [4.69, 9.17) is 0 Å². The molecule has 6 nitrogen and oxygen atoms in total. The Kier molecular flexibility index (Phi) is 6.91. The molecule has 10 heteroatoms. The summed E-state index contributed by atoms with van der Waals surface area (Å²) in [5.74, 6) is -0.921. The summed E-state index contributed by atoms with van der Waals surface area (Å²) in [6.45, 7) is 3.05. The van der Waals surface area contributed by atoms with Crippen molar-refractivity contribution in [3.63, 3.8) is 0 Å². The van der Waals surface area contributed by atoms with Crippen molar-refractivity contribution in [1.29, 1.82) is 0 Å². The van der Waals surface area contributed by atoms with E-state index in [-0.39, 0.29) is 10.6 Å². The van der Waals surface area contributed by atoms with Crippen molar-refractivity contribution in [2.45, 2.75) is 31.1 Å². The number of aryl methyl sites for hydroxylation is 1. The van der Waals surface area contributed by atoms with Crippen LogP contribution in [0.2, 0.25) is 0 Å². The molecule has 0 spiro atoms. The normalized spacial score (nSPS) is 13.2. The lowest BCUT2D eigenvalue weighted by Crippen LogP contribution is -2.39. The van der Waals surface area contributed by atoms with E-state index >= 15 is 0 Å². The van der Waals surface area contributed by atoms with Gasteiger partial charge in [0.2, 0.25) is 15.9 Å². The number of carbonyl (C=O) groups excluding carboxylic acids is 1. The molecule has 158 valence electrons. The van der Waals surface area contributed by atoms with Crippen molar-refractivity contribution in [3.05, 3.63) is 59.7 Å². The molecule has 1 amide bonds. The van der Waals surface area contributed by atoms with Gasteiger partial charge in [-0.15, -0.1) is 13.2 Å². The molecule has 0 aliphatic carbocycles. The van der Waals surface area contributed by atoms with Gasteiger partial charge in [0, 0.05) is 7.05 Å². The van der Waals surface area contributed by atoms with Gasteiger partial charge in [-0.3, -0.25) is 4.79 Å². The molecule has 2 rings (SSSR count). The first-order valence-corrected chi connectivity index (χ1v) is 10.0. The molecule has 0 radical (unpaired) electrons. The average molecular weight is 430 g/mol. The second-order valence-corrected chi connectivity index (χ2v) is 8.53. The molecule has 1 N–H and O–H groups in total. The van der Waals surface area contributed by atoms with Crippen LogP contribution in [0, 0.1) is 6.92 Å². The zero-order valence-corrected chi connectivity index (χ0v) is 16.8. The van der Waals surface area contributed by atoms with E-state index in [2.05, 4.69) is 10.1 Å². The van der Waals surface area contributed by atoms with E-state index in [1.54, 1.807) is 19.1 Å². The van der Waals surface area contributed by atoms with Crippen molar-refractivity contribution < 1.29 is 31.1 Å². The quantitative estimate of drug-likeness (QED) is 0.731. The van der Waals surface area contributed by atoms with E-state index < -0.39 is 34.9 Å².